The maximum Gasteiger partial charge on any atom is 0.251 e. The summed E-state index contributed by atoms with van der Waals surface area (Å²) in [6.07, 6.45) is 8.50. The number of thioether (sulfide) groups is 1. The van der Waals surface area contributed by atoms with E-state index in [1.165, 1.54) is 0 Å². The summed E-state index contributed by atoms with van der Waals surface area (Å²) in [5.41, 5.74) is 3.64. The first-order valence-corrected chi connectivity index (χ1v) is 14.8. The largest absolute Gasteiger partial charge is 0.396 e. The van der Waals surface area contributed by atoms with E-state index in [-0.39, 0.29) is 30.9 Å². The quantitative estimate of drug-likeness (QED) is 0.565. The molecule has 4 heterocycles. The fourth-order valence-electron chi connectivity index (χ4n) is 7.27. The molecule has 4 aliphatic rings. The van der Waals surface area contributed by atoms with E-state index in [0.717, 1.165) is 22.5 Å². The third-order valence-electron chi connectivity index (χ3n) is 8.89. The highest BCUT2D eigenvalue weighted by molar-refractivity contribution is 8.02. The average Bonchev–Trinajstić information content (AvgIpc) is 3.20. The van der Waals surface area contributed by atoms with E-state index >= 15 is 0 Å². The molecule has 3 amide bonds. The lowest BCUT2D eigenvalue weighted by Crippen LogP contribution is -2.54. The molecule has 7 nitrogen and oxygen atoms in total. The Labute approximate surface area is 239 Å². The van der Waals surface area contributed by atoms with Crippen molar-refractivity contribution in [2.75, 3.05) is 36.0 Å². The maximum atomic E-state index is 14.6. The van der Waals surface area contributed by atoms with E-state index in [1.54, 1.807) is 26.5 Å². The van der Waals surface area contributed by atoms with E-state index in [9.17, 15) is 19.5 Å². The van der Waals surface area contributed by atoms with Crippen molar-refractivity contribution < 1.29 is 19.5 Å². The smallest absolute Gasteiger partial charge is 0.251 e. The number of para-hydroxylation sites is 2. The SMILES string of the molecule is Cc1cccc(C)c1N1CC=C[C@]23S[C@@]4(C)C=CCN(c5ccccc5)C(=O)[C@H]4[C@H]2C(=O)N(CCCO)C3C1=O. The van der Waals surface area contributed by atoms with Crippen molar-refractivity contribution in [3.05, 3.63) is 84.0 Å². The lowest BCUT2D eigenvalue weighted by Gasteiger charge is -2.37. The van der Waals surface area contributed by atoms with Crippen LogP contribution in [0.4, 0.5) is 11.4 Å². The van der Waals surface area contributed by atoms with Gasteiger partial charge in [-0.15, -0.1) is 11.8 Å². The number of anilines is 2. The van der Waals surface area contributed by atoms with Gasteiger partial charge in [0.2, 0.25) is 11.8 Å². The number of aryl methyl sites for hydroxylation is 2. The molecule has 0 aliphatic carbocycles. The van der Waals surface area contributed by atoms with Gasteiger partial charge in [0.1, 0.15) is 6.04 Å². The Bertz CT molecular complexity index is 1400. The molecule has 2 saturated heterocycles. The van der Waals surface area contributed by atoms with Gasteiger partial charge in [-0.2, -0.15) is 0 Å². The molecule has 1 N–H and O–H groups in total. The van der Waals surface area contributed by atoms with Gasteiger partial charge in [-0.05, 0) is 50.5 Å². The normalized spacial score (nSPS) is 31.2. The molecule has 0 aromatic heterocycles. The Balaban J connectivity index is 1.48. The molecular weight excluding hydrogens is 522 g/mol. The Morgan fingerprint density at radius 3 is 2.23 bits per heavy atom. The number of nitrogens with zero attached hydrogens (tertiary/aromatic N) is 3. The summed E-state index contributed by atoms with van der Waals surface area (Å²) >= 11 is 1.58. The van der Waals surface area contributed by atoms with Gasteiger partial charge in [-0.3, -0.25) is 14.4 Å². The molecule has 1 unspecified atom stereocenters. The van der Waals surface area contributed by atoms with E-state index in [1.807, 2.05) is 87.5 Å². The van der Waals surface area contributed by atoms with E-state index in [4.69, 9.17) is 0 Å². The standard InChI is InChI=1S/C32H35N3O4S/c1-21-11-7-12-22(2)26(21)34-18-9-16-32-25(29(38)35(19-10-20-36)27(32)30(34)39)24-28(37)33(23-13-5-4-6-14-23)17-8-15-31(24,3)40-32/h4-9,11-16,24-25,27,36H,10,17-20H2,1-3H3/t24-,25+,27?,31+,32+/m1/s1. The Morgan fingerprint density at radius 2 is 1.52 bits per heavy atom. The topological polar surface area (TPSA) is 81.2 Å². The number of rotatable bonds is 5. The van der Waals surface area contributed by atoms with Gasteiger partial charge in [0.15, 0.2) is 0 Å². The molecule has 1 spiro atoms. The molecule has 0 radical (unpaired) electrons. The predicted molar refractivity (Wildman–Crippen MR) is 158 cm³/mol. The Morgan fingerprint density at radius 1 is 0.850 bits per heavy atom. The third-order valence-corrected chi connectivity index (χ3v) is 10.7. The fourth-order valence-corrected chi connectivity index (χ4v) is 9.43. The van der Waals surface area contributed by atoms with Crippen LogP contribution in [-0.4, -0.2) is 69.5 Å². The van der Waals surface area contributed by atoms with Gasteiger partial charge >= 0.3 is 0 Å². The van der Waals surface area contributed by atoms with Crippen molar-refractivity contribution in [3.8, 4) is 0 Å². The number of aliphatic hydroxyl groups excluding tert-OH is 1. The summed E-state index contributed by atoms with van der Waals surface area (Å²) in [7, 11) is 0. The monoisotopic (exact) mass is 557 g/mol. The second-order valence-corrected chi connectivity index (χ2v) is 13.2. The molecule has 0 bridgehead atoms. The van der Waals surface area contributed by atoms with Crippen LogP contribution in [0.3, 0.4) is 0 Å². The number of hydrogen-bond acceptors (Lipinski definition) is 5. The third kappa shape index (κ3) is 3.87. The molecule has 5 atom stereocenters. The number of aliphatic hydroxyl groups is 1. The molecule has 4 aliphatic heterocycles. The zero-order valence-corrected chi connectivity index (χ0v) is 23.9. The van der Waals surface area contributed by atoms with E-state index in [0.29, 0.717) is 19.5 Å². The Kier molecular flexibility index (Phi) is 6.66. The number of amides is 3. The maximum absolute atomic E-state index is 14.6. The zero-order valence-electron chi connectivity index (χ0n) is 23.1. The highest BCUT2D eigenvalue weighted by Crippen LogP contribution is 2.65. The number of carbonyl (C=O) groups is 3. The highest BCUT2D eigenvalue weighted by Gasteiger charge is 2.74. The van der Waals surface area contributed by atoms with Crippen molar-refractivity contribution in [2.45, 2.75) is 42.7 Å². The van der Waals surface area contributed by atoms with Crippen LogP contribution in [0.2, 0.25) is 0 Å². The number of likely N-dealkylation sites (tertiary alicyclic amines) is 1. The van der Waals surface area contributed by atoms with Gasteiger partial charge in [0.05, 0.1) is 16.6 Å². The minimum atomic E-state index is -0.909. The van der Waals surface area contributed by atoms with Crippen molar-refractivity contribution in [2.24, 2.45) is 11.8 Å². The second kappa shape index (κ2) is 9.93. The van der Waals surface area contributed by atoms with E-state index in [2.05, 4.69) is 6.08 Å². The summed E-state index contributed by atoms with van der Waals surface area (Å²) in [5, 5.41) is 9.68. The lowest BCUT2D eigenvalue weighted by molar-refractivity contribution is -0.139. The van der Waals surface area contributed by atoms with Crippen LogP contribution in [0.1, 0.15) is 24.5 Å². The molecule has 0 saturated carbocycles. The van der Waals surface area contributed by atoms with Crippen LogP contribution in [0.25, 0.3) is 0 Å². The first-order chi connectivity index (χ1) is 19.2. The molecule has 6 rings (SSSR count). The van der Waals surface area contributed by atoms with Crippen molar-refractivity contribution >= 4 is 40.9 Å². The van der Waals surface area contributed by atoms with Gasteiger partial charge < -0.3 is 19.8 Å². The van der Waals surface area contributed by atoms with Crippen LogP contribution >= 0.6 is 11.8 Å². The summed E-state index contributed by atoms with van der Waals surface area (Å²) in [6, 6.07) is 14.7. The predicted octanol–water partition coefficient (Wildman–Crippen LogP) is 3.88. The molecule has 2 aromatic carbocycles. The second-order valence-electron chi connectivity index (χ2n) is 11.4. The zero-order chi connectivity index (χ0) is 28.2. The van der Waals surface area contributed by atoms with E-state index < -0.39 is 27.4 Å². The molecule has 8 heteroatoms. The average molecular weight is 558 g/mol. The summed E-state index contributed by atoms with van der Waals surface area (Å²) in [5.74, 6) is -1.76. The minimum absolute atomic E-state index is 0.0868. The number of benzene rings is 2. The molecule has 208 valence electrons. The summed E-state index contributed by atoms with van der Waals surface area (Å²) in [4.78, 5) is 48.7. The van der Waals surface area contributed by atoms with Crippen LogP contribution in [-0.2, 0) is 14.4 Å². The van der Waals surface area contributed by atoms with Gasteiger partial charge in [0.25, 0.3) is 5.91 Å². The van der Waals surface area contributed by atoms with Gasteiger partial charge in [0, 0.05) is 42.4 Å². The van der Waals surface area contributed by atoms with Crippen molar-refractivity contribution in [1.29, 1.82) is 0 Å². The lowest BCUT2D eigenvalue weighted by atomic mass is 9.74. The van der Waals surface area contributed by atoms with Gasteiger partial charge in [-0.1, -0.05) is 60.7 Å². The van der Waals surface area contributed by atoms with Crippen LogP contribution in [0.15, 0.2) is 72.8 Å². The first kappa shape index (κ1) is 26.8. The first-order valence-electron chi connectivity index (χ1n) is 13.9. The molecule has 2 aromatic rings. The number of hydrogen-bond donors (Lipinski definition) is 1. The Hall–Kier alpha value is -3.36. The highest BCUT2D eigenvalue weighted by atomic mass is 32.2. The summed E-state index contributed by atoms with van der Waals surface area (Å²) < 4.78 is -1.57. The molecule has 40 heavy (non-hydrogen) atoms. The van der Waals surface area contributed by atoms with Crippen LogP contribution in [0, 0.1) is 25.7 Å². The number of carbonyl (C=O) groups excluding carboxylic acids is 3. The molecular formula is C32H35N3O4S. The van der Waals surface area contributed by atoms with Gasteiger partial charge in [-0.25, -0.2) is 0 Å². The molecule has 2 fully saturated rings. The van der Waals surface area contributed by atoms with Crippen molar-refractivity contribution in [1.82, 2.24) is 4.90 Å². The summed E-state index contributed by atoms with van der Waals surface area (Å²) in [6.45, 7) is 7.02. The minimum Gasteiger partial charge on any atom is -0.396 e. The van der Waals surface area contributed by atoms with Crippen LogP contribution in [0.5, 0.6) is 0 Å². The number of fused-ring (bicyclic) bond motifs is 2. The van der Waals surface area contributed by atoms with Crippen molar-refractivity contribution in [3.63, 3.8) is 0 Å². The van der Waals surface area contributed by atoms with Crippen LogP contribution < -0.4 is 9.80 Å². The fraction of sp³-hybridized carbons (Fsp3) is 0.406.